The fourth-order valence-corrected chi connectivity index (χ4v) is 2.45. The second-order valence-corrected chi connectivity index (χ2v) is 6.05. The van der Waals surface area contributed by atoms with Crippen molar-refractivity contribution in [2.24, 2.45) is 16.5 Å². The van der Waals surface area contributed by atoms with E-state index in [1.54, 1.807) is 43.3 Å². The molecule has 2 aromatic carbocycles. The molecule has 10 heteroatoms. The van der Waals surface area contributed by atoms with Gasteiger partial charge in [-0.3, -0.25) is 4.79 Å². The standard InChI is InChI=1S/C20H23N5O5/c1-2-29-20(28)24-16(11-13-7-4-3-5-8-13)18(27)30-25-17(26)14-9-6-10-15(12-14)23-19(21)22/h3-10,12,16H,2,11H2,1H3,(H,24,28)(H,25,26)(H4,21,22,23)/t16-/m0/s1. The van der Waals surface area contributed by atoms with Gasteiger partial charge in [-0.25, -0.2) is 14.6 Å². The Hall–Kier alpha value is -4.08. The van der Waals surface area contributed by atoms with Crippen molar-refractivity contribution < 1.29 is 24.0 Å². The molecule has 2 aromatic rings. The molecule has 6 N–H and O–H groups in total. The van der Waals surface area contributed by atoms with Crippen LogP contribution in [0, 0.1) is 0 Å². The van der Waals surface area contributed by atoms with E-state index in [4.69, 9.17) is 21.0 Å². The Bertz CT molecular complexity index is 913. The Morgan fingerprint density at radius 2 is 1.80 bits per heavy atom. The molecule has 0 spiro atoms. The lowest BCUT2D eigenvalue weighted by molar-refractivity contribution is -0.151. The summed E-state index contributed by atoms with van der Waals surface area (Å²) in [5.41, 5.74) is 14.0. The van der Waals surface area contributed by atoms with Gasteiger partial charge in [-0.2, -0.15) is 5.48 Å². The number of nitrogens with zero attached hydrogens (tertiary/aromatic N) is 1. The zero-order valence-corrected chi connectivity index (χ0v) is 16.3. The largest absolute Gasteiger partial charge is 0.450 e. The molecule has 1 atom stereocenters. The van der Waals surface area contributed by atoms with E-state index in [0.29, 0.717) is 5.69 Å². The van der Waals surface area contributed by atoms with Crippen molar-refractivity contribution in [3.8, 4) is 0 Å². The van der Waals surface area contributed by atoms with Gasteiger partial charge in [0.05, 0.1) is 12.3 Å². The summed E-state index contributed by atoms with van der Waals surface area (Å²) in [4.78, 5) is 45.3. The number of rotatable bonds is 7. The van der Waals surface area contributed by atoms with Gasteiger partial charge in [-0.15, -0.1) is 0 Å². The van der Waals surface area contributed by atoms with E-state index in [1.807, 2.05) is 6.07 Å². The maximum atomic E-state index is 12.5. The van der Waals surface area contributed by atoms with Gasteiger partial charge in [-0.05, 0) is 30.7 Å². The molecule has 0 aliphatic rings. The Morgan fingerprint density at radius 3 is 2.47 bits per heavy atom. The van der Waals surface area contributed by atoms with Gasteiger partial charge in [0.2, 0.25) is 0 Å². The first kappa shape index (κ1) is 22.2. The predicted molar refractivity (Wildman–Crippen MR) is 110 cm³/mol. The van der Waals surface area contributed by atoms with Crippen LogP contribution in [-0.4, -0.2) is 36.6 Å². The number of amides is 2. The number of alkyl carbamates (subject to hydrolysis) is 1. The van der Waals surface area contributed by atoms with Crippen molar-refractivity contribution in [1.82, 2.24) is 10.8 Å². The lowest BCUT2D eigenvalue weighted by Gasteiger charge is -2.17. The van der Waals surface area contributed by atoms with Gasteiger partial charge in [-0.1, -0.05) is 36.4 Å². The molecule has 0 bridgehead atoms. The maximum absolute atomic E-state index is 12.5. The van der Waals surface area contributed by atoms with Crippen LogP contribution in [0.3, 0.4) is 0 Å². The van der Waals surface area contributed by atoms with Gasteiger partial charge in [0.25, 0.3) is 5.91 Å². The number of ether oxygens (including phenoxy) is 1. The number of hydroxylamine groups is 1. The summed E-state index contributed by atoms with van der Waals surface area (Å²) in [5.74, 6) is -1.71. The second kappa shape index (κ2) is 11.1. The monoisotopic (exact) mass is 413 g/mol. The van der Waals surface area contributed by atoms with Gasteiger partial charge < -0.3 is 26.4 Å². The van der Waals surface area contributed by atoms with Gasteiger partial charge in [0, 0.05) is 12.0 Å². The molecule has 0 heterocycles. The van der Waals surface area contributed by atoms with Crippen LogP contribution in [0.15, 0.2) is 59.6 Å². The number of hydrogen-bond donors (Lipinski definition) is 4. The molecule has 0 radical (unpaired) electrons. The molecule has 0 aliphatic carbocycles. The maximum Gasteiger partial charge on any atom is 0.407 e. The molecule has 0 saturated heterocycles. The highest BCUT2D eigenvalue weighted by Gasteiger charge is 2.24. The minimum atomic E-state index is -1.07. The minimum Gasteiger partial charge on any atom is -0.450 e. The third-order valence-corrected chi connectivity index (χ3v) is 3.75. The lowest BCUT2D eigenvalue weighted by Crippen LogP contribution is -2.45. The topological polar surface area (TPSA) is 158 Å². The van der Waals surface area contributed by atoms with Crippen molar-refractivity contribution in [3.63, 3.8) is 0 Å². The Labute approximate surface area is 173 Å². The van der Waals surface area contributed by atoms with Crippen LogP contribution < -0.4 is 22.3 Å². The van der Waals surface area contributed by atoms with E-state index >= 15 is 0 Å². The lowest BCUT2D eigenvalue weighted by atomic mass is 10.1. The van der Waals surface area contributed by atoms with Crippen molar-refractivity contribution in [2.45, 2.75) is 19.4 Å². The van der Waals surface area contributed by atoms with Crippen molar-refractivity contribution in [2.75, 3.05) is 6.61 Å². The van der Waals surface area contributed by atoms with Crippen LogP contribution in [-0.2, 0) is 20.8 Å². The highest BCUT2D eigenvalue weighted by molar-refractivity contribution is 5.95. The number of carbonyl (C=O) groups excluding carboxylic acids is 3. The summed E-state index contributed by atoms with van der Waals surface area (Å²) in [6.45, 7) is 1.78. The van der Waals surface area contributed by atoms with E-state index < -0.39 is 24.0 Å². The van der Waals surface area contributed by atoms with E-state index in [-0.39, 0.29) is 24.6 Å². The average molecular weight is 413 g/mol. The van der Waals surface area contributed by atoms with E-state index in [9.17, 15) is 14.4 Å². The van der Waals surface area contributed by atoms with Crippen LogP contribution >= 0.6 is 0 Å². The van der Waals surface area contributed by atoms with Gasteiger partial charge in [0.1, 0.15) is 6.04 Å². The highest BCUT2D eigenvalue weighted by atomic mass is 16.7. The number of benzene rings is 2. The molecule has 0 aliphatic heterocycles. The normalized spacial score (nSPS) is 11.0. The van der Waals surface area contributed by atoms with Crippen molar-refractivity contribution >= 4 is 29.6 Å². The zero-order chi connectivity index (χ0) is 21.9. The van der Waals surface area contributed by atoms with Crippen LogP contribution in [0.1, 0.15) is 22.8 Å². The van der Waals surface area contributed by atoms with Gasteiger partial charge >= 0.3 is 12.1 Å². The zero-order valence-electron chi connectivity index (χ0n) is 16.3. The second-order valence-electron chi connectivity index (χ2n) is 6.05. The third kappa shape index (κ3) is 7.15. The Balaban J connectivity index is 2.04. The smallest absolute Gasteiger partial charge is 0.407 e. The number of guanidine groups is 1. The number of carbonyl (C=O) groups is 3. The van der Waals surface area contributed by atoms with Crippen LogP contribution in [0.25, 0.3) is 0 Å². The summed E-state index contributed by atoms with van der Waals surface area (Å²) in [7, 11) is 0. The fourth-order valence-electron chi connectivity index (χ4n) is 2.45. The number of hydrogen-bond acceptors (Lipinski definition) is 6. The summed E-state index contributed by atoms with van der Waals surface area (Å²) >= 11 is 0. The third-order valence-electron chi connectivity index (χ3n) is 3.75. The molecule has 10 nitrogen and oxygen atoms in total. The molecule has 0 fully saturated rings. The fraction of sp³-hybridized carbons (Fsp3) is 0.200. The predicted octanol–water partition coefficient (Wildman–Crippen LogP) is 1.14. The van der Waals surface area contributed by atoms with Crippen molar-refractivity contribution in [3.05, 3.63) is 65.7 Å². The first-order valence-corrected chi connectivity index (χ1v) is 9.07. The quantitative estimate of drug-likeness (QED) is 0.301. The van der Waals surface area contributed by atoms with Crippen LogP contribution in [0.5, 0.6) is 0 Å². The summed E-state index contributed by atoms with van der Waals surface area (Å²) in [6.07, 6.45) is -0.624. The van der Waals surface area contributed by atoms with Crippen LogP contribution in [0.4, 0.5) is 10.5 Å². The molecule has 0 unspecified atom stereocenters. The molecule has 0 aromatic heterocycles. The first-order chi connectivity index (χ1) is 14.4. The highest BCUT2D eigenvalue weighted by Crippen LogP contribution is 2.14. The first-order valence-electron chi connectivity index (χ1n) is 9.07. The van der Waals surface area contributed by atoms with E-state index in [2.05, 4.69) is 15.8 Å². The summed E-state index contributed by atoms with van der Waals surface area (Å²) in [5, 5.41) is 2.43. The molecule has 30 heavy (non-hydrogen) atoms. The Kier molecular flexibility index (Phi) is 8.18. The molecule has 2 rings (SSSR count). The van der Waals surface area contributed by atoms with E-state index in [1.165, 1.54) is 12.1 Å². The molecule has 0 saturated carbocycles. The van der Waals surface area contributed by atoms with Crippen molar-refractivity contribution in [1.29, 1.82) is 0 Å². The summed E-state index contributed by atoms with van der Waals surface area (Å²) in [6, 6.07) is 14.0. The summed E-state index contributed by atoms with van der Waals surface area (Å²) < 4.78 is 4.82. The number of aliphatic imine (C=N–C) groups is 1. The minimum absolute atomic E-state index is 0.141. The van der Waals surface area contributed by atoms with Crippen LogP contribution in [0.2, 0.25) is 0 Å². The number of nitrogens with one attached hydrogen (secondary N) is 2. The molecule has 158 valence electrons. The van der Waals surface area contributed by atoms with E-state index in [0.717, 1.165) is 5.56 Å². The number of nitrogens with two attached hydrogens (primary N) is 2. The van der Waals surface area contributed by atoms with Gasteiger partial charge in [0.15, 0.2) is 5.96 Å². The molecular weight excluding hydrogens is 390 g/mol. The Morgan fingerprint density at radius 1 is 1.07 bits per heavy atom. The SMILES string of the molecule is CCOC(=O)N[C@@H](Cc1ccccc1)C(=O)ONC(=O)c1cccc(N=C(N)N)c1. The average Bonchev–Trinajstić information content (AvgIpc) is 2.72. The molecular formula is C20H23N5O5. The molecule has 2 amide bonds.